The van der Waals surface area contributed by atoms with Gasteiger partial charge in [-0.15, -0.1) is 0 Å². The number of hydrogen-bond donors (Lipinski definition) is 0. The lowest BCUT2D eigenvalue weighted by Crippen LogP contribution is -2.40. The van der Waals surface area contributed by atoms with Crippen LogP contribution in [0.1, 0.15) is 58.6 Å². The minimum atomic E-state index is 0.125. The van der Waals surface area contributed by atoms with Crippen molar-refractivity contribution >= 4 is 11.7 Å². The Kier molecular flexibility index (Phi) is 4.64. The van der Waals surface area contributed by atoms with Crippen LogP contribution in [0.4, 0.5) is 0 Å². The van der Waals surface area contributed by atoms with Crippen LogP contribution >= 0.6 is 0 Å². The minimum Gasteiger partial charge on any atom is -0.338 e. The van der Waals surface area contributed by atoms with Crippen molar-refractivity contribution in [1.29, 1.82) is 0 Å². The van der Waals surface area contributed by atoms with Crippen molar-refractivity contribution < 1.29 is 4.79 Å². The summed E-state index contributed by atoms with van der Waals surface area (Å²) < 4.78 is 1.81. The summed E-state index contributed by atoms with van der Waals surface area (Å²) >= 11 is 0. The van der Waals surface area contributed by atoms with Gasteiger partial charge in [-0.3, -0.25) is 4.79 Å². The zero-order chi connectivity index (χ0) is 19.0. The summed E-state index contributed by atoms with van der Waals surface area (Å²) in [5.74, 6) is 0.990. The lowest BCUT2D eigenvalue weighted by Gasteiger charge is -2.33. The second-order valence-corrected chi connectivity index (χ2v) is 7.39. The Morgan fingerprint density at radius 3 is 2.89 bits per heavy atom. The van der Waals surface area contributed by atoms with E-state index in [1.54, 1.807) is 0 Å². The first-order valence-corrected chi connectivity index (χ1v) is 9.63. The summed E-state index contributed by atoms with van der Waals surface area (Å²) in [4.78, 5) is 23.8. The maximum atomic E-state index is 13.2. The highest BCUT2D eigenvalue weighted by molar-refractivity contribution is 5.95. The van der Waals surface area contributed by atoms with Gasteiger partial charge in [0.05, 0.1) is 5.69 Å². The van der Waals surface area contributed by atoms with E-state index in [0.29, 0.717) is 12.3 Å². The van der Waals surface area contributed by atoms with Crippen molar-refractivity contribution in [3.8, 4) is 0 Å². The Labute approximate surface area is 159 Å². The van der Waals surface area contributed by atoms with E-state index in [0.717, 1.165) is 48.3 Å². The number of benzene rings is 1. The normalized spacial score (nSPS) is 17.4. The van der Waals surface area contributed by atoms with E-state index < -0.39 is 0 Å². The lowest BCUT2D eigenvalue weighted by atomic mass is 9.93. The molecule has 4 rings (SSSR count). The van der Waals surface area contributed by atoms with Crippen LogP contribution in [0.15, 0.2) is 30.6 Å². The topological polar surface area (TPSA) is 63.4 Å². The molecule has 0 aliphatic carbocycles. The highest BCUT2D eigenvalue weighted by Gasteiger charge is 2.28. The number of amides is 1. The molecule has 140 valence electrons. The summed E-state index contributed by atoms with van der Waals surface area (Å²) in [7, 11) is 0. The van der Waals surface area contributed by atoms with E-state index in [1.807, 2.05) is 29.3 Å². The maximum absolute atomic E-state index is 13.2. The third-order valence-corrected chi connectivity index (χ3v) is 5.46. The van der Waals surface area contributed by atoms with Gasteiger partial charge in [-0.2, -0.15) is 10.1 Å². The number of fused-ring (bicyclic) bond motifs is 1. The summed E-state index contributed by atoms with van der Waals surface area (Å²) in [6, 6.07) is 8.24. The van der Waals surface area contributed by atoms with E-state index >= 15 is 0 Å². The third kappa shape index (κ3) is 3.31. The predicted octanol–water partition coefficient (Wildman–Crippen LogP) is 3.32. The van der Waals surface area contributed by atoms with E-state index in [4.69, 9.17) is 0 Å². The van der Waals surface area contributed by atoms with Crippen molar-refractivity contribution in [2.45, 2.75) is 46.0 Å². The molecule has 1 aliphatic rings. The fourth-order valence-corrected chi connectivity index (χ4v) is 4.01. The van der Waals surface area contributed by atoms with Gasteiger partial charge in [0.1, 0.15) is 6.33 Å². The first-order chi connectivity index (χ1) is 13.1. The van der Waals surface area contributed by atoms with Crippen molar-refractivity contribution in [1.82, 2.24) is 24.5 Å². The van der Waals surface area contributed by atoms with Gasteiger partial charge < -0.3 is 4.90 Å². The third-order valence-electron chi connectivity index (χ3n) is 5.46. The molecule has 6 heteroatoms. The number of carbonyl (C=O) groups is 1. The number of carbonyl (C=O) groups excluding carboxylic acids is 1. The van der Waals surface area contributed by atoms with Crippen LogP contribution in [0.2, 0.25) is 0 Å². The molecule has 1 unspecified atom stereocenters. The Balaban J connectivity index is 1.61. The average molecular weight is 363 g/mol. The van der Waals surface area contributed by atoms with E-state index in [9.17, 15) is 4.79 Å². The molecule has 0 radical (unpaired) electrons. The molecule has 3 aromatic rings. The molecule has 0 saturated carbocycles. The highest BCUT2D eigenvalue weighted by atomic mass is 16.2. The Hall–Kier alpha value is -2.76. The number of aromatic nitrogens is 4. The molecule has 0 bridgehead atoms. The number of rotatable bonds is 3. The molecule has 3 heterocycles. The first-order valence-electron chi connectivity index (χ1n) is 9.63. The molecule has 2 aromatic heterocycles. The van der Waals surface area contributed by atoms with Gasteiger partial charge in [0.25, 0.3) is 11.7 Å². The van der Waals surface area contributed by atoms with Gasteiger partial charge in [-0.1, -0.05) is 19.1 Å². The Morgan fingerprint density at radius 1 is 1.26 bits per heavy atom. The van der Waals surface area contributed by atoms with Crippen LogP contribution in [0.3, 0.4) is 0 Å². The van der Waals surface area contributed by atoms with Crippen molar-refractivity contribution in [2.24, 2.45) is 0 Å². The molecule has 1 fully saturated rings. The summed E-state index contributed by atoms with van der Waals surface area (Å²) in [6.07, 6.45) is 4.54. The number of nitrogens with zero attached hydrogens (tertiary/aromatic N) is 5. The average Bonchev–Trinajstić information content (AvgIpc) is 3.15. The molecule has 0 spiro atoms. The van der Waals surface area contributed by atoms with Crippen molar-refractivity contribution in [3.63, 3.8) is 0 Å². The molecule has 1 aromatic carbocycles. The monoisotopic (exact) mass is 363 g/mol. The van der Waals surface area contributed by atoms with Crippen LogP contribution in [0.25, 0.3) is 5.78 Å². The predicted molar refractivity (Wildman–Crippen MR) is 104 cm³/mol. The van der Waals surface area contributed by atoms with Gasteiger partial charge in [-0.05, 0) is 56.4 Å². The number of likely N-dealkylation sites (tertiary alicyclic amines) is 1. The van der Waals surface area contributed by atoms with Crippen LogP contribution < -0.4 is 0 Å². The van der Waals surface area contributed by atoms with Crippen LogP contribution in [-0.4, -0.2) is 43.5 Å². The minimum absolute atomic E-state index is 0.125. The highest BCUT2D eigenvalue weighted by Crippen LogP contribution is 2.28. The van der Waals surface area contributed by atoms with Crippen LogP contribution in [0.5, 0.6) is 0 Å². The smallest absolute Gasteiger partial charge is 0.254 e. The summed E-state index contributed by atoms with van der Waals surface area (Å²) in [5.41, 5.74) is 5.15. The SMILES string of the molecule is CCc1ccc(C(=O)N2CCCC(c3cc(C)nc4ncnn34)C2)c(C)c1. The van der Waals surface area contributed by atoms with E-state index in [2.05, 4.69) is 40.2 Å². The Bertz CT molecular complexity index is 993. The zero-order valence-electron chi connectivity index (χ0n) is 16.1. The molecule has 27 heavy (non-hydrogen) atoms. The summed E-state index contributed by atoms with van der Waals surface area (Å²) in [5, 5.41) is 4.34. The molecule has 1 amide bonds. The van der Waals surface area contributed by atoms with Gasteiger partial charge in [0.2, 0.25) is 0 Å². The fourth-order valence-electron chi connectivity index (χ4n) is 4.01. The van der Waals surface area contributed by atoms with Crippen LogP contribution in [-0.2, 0) is 6.42 Å². The molecule has 1 atom stereocenters. The van der Waals surface area contributed by atoms with Crippen molar-refractivity contribution in [2.75, 3.05) is 13.1 Å². The molecule has 0 N–H and O–H groups in total. The van der Waals surface area contributed by atoms with Gasteiger partial charge in [-0.25, -0.2) is 9.50 Å². The number of aryl methyl sites for hydroxylation is 3. The van der Waals surface area contributed by atoms with Gasteiger partial charge >= 0.3 is 0 Å². The van der Waals surface area contributed by atoms with Gasteiger partial charge in [0.15, 0.2) is 0 Å². The fraction of sp³-hybridized carbons (Fsp3) is 0.429. The van der Waals surface area contributed by atoms with E-state index in [-0.39, 0.29) is 11.8 Å². The molecule has 1 aliphatic heterocycles. The van der Waals surface area contributed by atoms with Crippen LogP contribution in [0, 0.1) is 13.8 Å². The number of hydrogen-bond acceptors (Lipinski definition) is 4. The Morgan fingerprint density at radius 2 is 2.11 bits per heavy atom. The second-order valence-electron chi connectivity index (χ2n) is 7.39. The van der Waals surface area contributed by atoms with E-state index in [1.165, 1.54) is 11.9 Å². The van der Waals surface area contributed by atoms with Gasteiger partial charge in [0, 0.05) is 30.3 Å². The number of piperidine rings is 1. The first kappa shape index (κ1) is 17.6. The standard InChI is InChI=1S/C21H25N5O/c1-4-16-7-8-18(14(2)10-16)20(27)25-9-5-6-17(12-25)19-11-15(3)24-21-22-13-23-26(19)21/h7-8,10-11,13,17H,4-6,9,12H2,1-3H3. The molecule has 6 nitrogen and oxygen atoms in total. The van der Waals surface area contributed by atoms with Crippen molar-refractivity contribution in [3.05, 3.63) is 58.7 Å². The quantitative estimate of drug-likeness (QED) is 0.716. The second kappa shape index (κ2) is 7.10. The lowest BCUT2D eigenvalue weighted by molar-refractivity contribution is 0.0704. The zero-order valence-corrected chi connectivity index (χ0v) is 16.1. The largest absolute Gasteiger partial charge is 0.338 e. The molecule has 1 saturated heterocycles. The maximum Gasteiger partial charge on any atom is 0.254 e. The summed E-state index contributed by atoms with van der Waals surface area (Å²) in [6.45, 7) is 7.63. The molecular formula is C21H25N5O. The molecular weight excluding hydrogens is 338 g/mol.